The smallest absolute Gasteiger partial charge is 0.246 e. The number of hydrogen-bond donors (Lipinski definition) is 2. The molecule has 0 fully saturated rings. The number of nitrogens with zero attached hydrogens (tertiary/aromatic N) is 1. The molecule has 0 bridgehead atoms. The SMILES string of the molecule is CCCN(C(=O)C(C)C(C)N)C(C)C(=O)Nc1ccccc1.Cl. The first-order chi connectivity index (χ1) is 10.4. The molecule has 0 heterocycles. The van der Waals surface area contributed by atoms with Crippen LogP contribution in [-0.4, -0.2) is 35.3 Å². The van der Waals surface area contributed by atoms with Crippen molar-refractivity contribution in [2.24, 2.45) is 11.7 Å². The monoisotopic (exact) mass is 341 g/mol. The highest BCUT2D eigenvalue weighted by atomic mass is 35.5. The van der Waals surface area contributed by atoms with Crippen LogP contribution >= 0.6 is 12.4 Å². The Hall–Kier alpha value is -1.59. The molecule has 0 aromatic heterocycles. The van der Waals surface area contributed by atoms with Crippen LogP contribution in [0.1, 0.15) is 34.1 Å². The van der Waals surface area contributed by atoms with Crippen molar-refractivity contribution in [1.29, 1.82) is 0 Å². The maximum atomic E-state index is 12.5. The normalized spacial score (nSPS) is 14.1. The van der Waals surface area contributed by atoms with E-state index < -0.39 is 6.04 Å². The van der Waals surface area contributed by atoms with Crippen LogP contribution in [0.3, 0.4) is 0 Å². The molecule has 130 valence electrons. The first kappa shape index (κ1) is 21.4. The number of halogens is 1. The van der Waals surface area contributed by atoms with Gasteiger partial charge in [-0.3, -0.25) is 9.59 Å². The Morgan fingerprint density at radius 2 is 1.74 bits per heavy atom. The summed E-state index contributed by atoms with van der Waals surface area (Å²) in [6.45, 7) is 7.89. The van der Waals surface area contributed by atoms with Gasteiger partial charge in [-0.05, 0) is 32.4 Å². The van der Waals surface area contributed by atoms with E-state index in [1.54, 1.807) is 25.7 Å². The maximum absolute atomic E-state index is 12.5. The largest absolute Gasteiger partial charge is 0.331 e. The van der Waals surface area contributed by atoms with Crippen molar-refractivity contribution < 1.29 is 9.59 Å². The molecule has 3 N–H and O–H groups in total. The Labute approximate surface area is 145 Å². The second kappa shape index (κ2) is 10.2. The molecule has 0 saturated carbocycles. The van der Waals surface area contributed by atoms with E-state index in [9.17, 15) is 9.59 Å². The van der Waals surface area contributed by atoms with Crippen molar-refractivity contribution in [3.8, 4) is 0 Å². The summed E-state index contributed by atoms with van der Waals surface area (Å²) >= 11 is 0. The predicted molar refractivity (Wildman–Crippen MR) is 96.6 cm³/mol. The molecule has 1 aromatic carbocycles. The lowest BCUT2D eigenvalue weighted by Crippen LogP contribution is -2.50. The summed E-state index contributed by atoms with van der Waals surface area (Å²) in [6.07, 6.45) is 0.792. The zero-order valence-electron chi connectivity index (χ0n) is 14.3. The van der Waals surface area contributed by atoms with Crippen molar-refractivity contribution in [3.63, 3.8) is 0 Å². The van der Waals surface area contributed by atoms with Gasteiger partial charge in [-0.2, -0.15) is 0 Å². The third kappa shape index (κ3) is 6.20. The second-order valence-corrected chi connectivity index (χ2v) is 5.71. The van der Waals surface area contributed by atoms with Crippen molar-refractivity contribution >= 4 is 29.9 Å². The summed E-state index contributed by atoms with van der Waals surface area (Å²) in [4.78, 5) is 26.5. The molecule has 1 aromatic rings. The molecule has 3 atom stereocenters. The number of para-hydroxylation sites is 1. The fourth-order valence-electron chi connectivity index (χ4n) is 2.13. The number of nitrogens with one attached hydrogen (secondary N) is 1. The van der Waals surface area contributed by atoms with Gasteiger partial charge in [0.2, 0.25) is 11.8 Å². The third-order valence-corrected chi connectivity index (χ3v) is 3.81. The van der Waals surface area contributed by atoms with Crippen molar-refractivity contribution in [3.05, 3.63) is 30.3 Å². The van der Waals surface area contributed by atoms with Gasteiger partial charge < -0.3 is 16.0 Å². The summed E-state index contributed by atoms with van der Waals surface area (Å²) in [7, 11) is 0. The lowest BCUT2D eigenvalue weighted by molar-refractivity contribution is -0.141. The van der Waals surface area contributed by atoms with Crippen LogP contribution in [0.25, 0.3) is 0 Å². The van der Waals surface area contributed by atoms with E-state index in [1.165, 1.54) is 0 Å². The van der Waals surface area contributed by atoms with E-state index in [2.05, 4.69) is 5.32 Å². The van der Waals surface area contributed by atoms with E-state index in [0.29, 0.717) is 6.54 Å². The molecular weight excluding hydrogens is 314 g/mol. The number of rotatable bonds is 7. The average Bonchev–Trinajstić information content (AvgIpc) is 2.51. The summed E-state index contributed by atoms with van der Waals surface area (Å²) in [5.74, 6) is -0.573. The number of benzene rings is 1. The highest BCUT2D eigenvalue weighted by molar-refractivity contribution is 5.97. The van der Waals surface area contributed by atoms with E-state index in [4.69, 9.17) is 5.73 Å². The van der Waals surface area contributed by atoms with E-state index in [1.807, 2.05) is 37.3 Å². The maximum Gasteiger partial charge on any atom is 0.246 e. The quantitative estimate of drug-likeness (QED) is 0.800. The Morgan fingerprint density at radius 3 is 2.22 bits per heavy atom. The van der Waals surface area contributed by atoms with Crippen LogP contribution < -0.4 is 11.1 Å². The molecule has 0 saturated heterocycles. The lowest BCUT2D eigenvalue weighted by Gasteiger charge is -2.31. The molecule has 5 nitrogen and oxygen atoms in total. The molecule has 0 aliphatic heterocycles. The predicted octanol–water partition coefficient (Wildman–Crippen LogP) is 2.66. The number of hydrogen-bond acceptors (Lipinski definition) is 3. The molecule has 2 amide bonds. The standard InChI is InChI=1S/C17H27N3O2.ClH/c1-5-11-20(17(22)12(2)13(3)18)14(4)16(21)19-15-9-7-6-8-10-15;/h6-10,12-14H,5,11,18H2,1-4H3,(H,19,21);1H. The van der Waals surface area contributed by atoms with Crippen LogP contribution in [0.2, 0.25) is 0 Å². The number of nitrogens with two attached hydrogens (primary N) is 1. The number of carbonyl (C=O) groups excluding carboxylic acids is 2. The van der Waals surface area contributed by atoms with Crippen molar-refractivity contribution in [2.75, 3.05) is 11.9 Å². The zero-order chi connectivity index (χ0) is 16.7. The van der Waals surface area contributed by atoms with Gasteiger partial charge in [0.15, 0.2) is 0 Å². The molecule has 0 aliphatic rings. The van der Waals surface area contributed by atoms with Crippen LogP contribution in [0, 0.1) is 5.92 Å². The number of carbonyl (C=O) groups is 2. The number of anilines is 1. The van der Waals surface area contributed by atoms with E-state index in [0.717, 1.165) is 12.1 Å². The van der Waals surface area contributed by atoms with Crippen molar-refractivity contribution in [2.45, 2.75) is 46.2 Å². The minimum absolute atomic E-state index is 0. The highest BCUT2D eigenvalue weighted by Crippen LogP contribution is 2.13. The van der Waals surface area contributed by atoms with Gasteiger partial charge in [0, 0.05) is 18.3 Å². The Balaban J connectivity index is 0.00000484. The topological polar surface area (TPSA) is 75.4 Å². The Morgan fingerprint density at radius 1 is 1.17 bits per heavy atom. The van der Waals surface area contributed by atoms with Gasteiger partial charge in [0.25, 0.3) is 0 Å². The minimum Gasteiger partial charge on any atom is -0.331 e. The van der Waals surface area contributed by atoms with Crippen molar-refractivity contribution in [1.82, 2.24) is 4.90 Å². The summed E-state index contributed by atoms with van der Waals surface area (Å²) in [5.41, 5.74) is 6.55. The van der Waals surface area contributed by atoms with E-state index >= 15 is 0 Å². The van der Waals surface area contributed by atoms with Gasteiger partial charge in [0.1, 0.15) is 6.04 Å². The number of amides is 2. The Kier molecular flexibility index (Phi) is 9.53. The molecular formula is C17H28ClN3O2. The zero-order valence-corrected chi connectivity index (χ0v) is 15.1. The van der Waals surface area contributed by atoms with E-state index in [-0.39, 0.29) is 36.2 Å². The molecule has 23 heavy (non-hydrogen) atoms. The average molecular weight is 342 g/mol. The third-order valence-electron chi connectivity index (χ3n) is 3.81. The molecule has 0 radical (unpaired) electrons. The van der Waals surface area contributed by atoms with Crippen LogP contribution in [0.4, 0.5) is 5.69 Å². The summed E-state index contributed by atoms with van der Waals surface area (Å²) in [5, 5.41) is 2.84. The van der Waals surface area contributed by atoms with Gasteiger partial charge in [-0.15, -0.1) is 12.4 Å². The second-order valence-electron chi connectivity index (χ2n) is 5.71. The molecule has 1 rings (SSSR count). The molecule has 0 spiro atoms. The first-order valence-electron chi connectivity index (χ1n) is 7.80. The highest BCUT2D eigenvalue weighted by Gasteiger charge is 2.29. The van der Waals surface area contributed by atoms with Crippen LogP contribution in [0.5, 0.6) is 0 Å². The first-order valence-corrected chi connectivity index (χ1v) is 7.80. The molecule has 6 heteroatoms. The fraction of sp³-hybridized carbons (Fsp3) is 0.529. The van der Waals surface area contributed by atoms with Gasteiger partial charge in [0.05, 0.1) is 5.92 Å². The summed E-state index contributed by atoms with van der Waals surface area (Å²) < 4.78 is 0. The van der Waals surface area contributed by atoms with Gasteiger partial charge >= 0.3 is 0 Å². The molecule has 0 aliphatic carbocycles. The Bertz CT molecular complexity index is 494. The fourth-order valence-corrected chi connectivity index (χ4v) is 2.13. The van der Waals surface area contributed by atoms with Crippen LogP contribution in [-0.2, 0) is 9.59 Å². The minimum atomic E-state index is -0.533. The lowest BCUT2D eigenvalue weighted by atomic mass is 10.0. The molecule has 3 unspecified atom stereocenters. The van der Waals surface area contributed by atoms with Gasteiger partial charge in [-0.1, -0.05) is 32.0 Å². The summed E-state index contributed by atoms with van der Waals surface area (Å²) in [6, 6.07) is 8.46. The van der Waals surface area contributed by atoms with Gasteiger partial charge in [-0.25, -0.2) is 0 Å². The van der Waals surface area contributed by atoms with Crippen LogP contribution in [0.15, 0.2) is 30.3 Å².